The van der Waals surface area contributed by atoms with Gasteiger partial charge in [-0.3, -0.25) is 4.79 Å². The van der Waals surface area contributed by atoms with Crippen molar-refractivity contribution in [1.29, 1.82) is 0 Å². The number of hydrogen-bond acceptors (Lipinski definition) is 5. The van der Waals surface area contributed by atoms with Gasteiger partial charge < -0.3 is 18.8 Å². The van der Waals surface area contributed by atoms with Gasteiger partial charge in [-0.15, -0.1) is 0 Å². The van der Waals surface area contributed by atoms with Crippen LogP contribution in [0.4, 0.5) is 5.69 Å². The molecule has 2 fully saturated rings. The van der Waals surface area contributed by atoms with Crippen LogP contribution < -0.4 is 14.4 Å². The Balaban J connectivity index is 1.24. The number of imidazole rings is 1. The summed E-state index contributed by atoms with van der Waals surface area (Å²) in [5.74, 6) is 1.83. The van der Waals surface area contributed by atoms with Gasteiger partial charge in [-0.05, 0) is 37.0 Å². The molecule has 7 nitrogen and oxygen atoms in total. The number of anilines is 1. The molecule has 3 aromatic heterocycles. The molecule has 0 N–H and O–H groups in total. The number of carbonyl (C=O) groups excluding carboxylic acids is 1. The predicted molar refractivity (Wildman–Crippen MR) is 99.0 cm³/mol. The van der Waals surface area contributed by atoms with Gasteiger partial charge in [0.15, 0.2) is 6.10 Å². The van der Waals surface area contributed by atoms with Crippen LogP contribution in [0.3, 0.4) is 0 Å². The van der Waals surface area contributed by atoms with Gasteiger partial charge in [0.25, 0.3) is 5.91 Å². The molecule has 4 heterocycles. The number of hydrogen-bond donors (Lipinski definition) is 0. The average Bonchev–Trinajstić information content (AvgIpc) is 3.29. The number of ether oxygens (including phenoxy) is 2. The summed E-state index contributed by atoms with van der Waals surface area (Å²) in [5, 5.41) is 0. The van der Waals surface area contributed by atoms with Crippen molar-refractivity contribution in [2.75, 3.05) is 18.1 Å². The Kier molecular flexibility index (Phi) is 3.92. The minimum Gasteiger partial charge on any atom is -0.479 e. The minimum atomic E-state index is -0.497. The number of amides is 1. The fourth-order valence-electron chi connectivity index (χ4n) is 3.26. The first-order valence-electron chi connectivity index (χ1n) is 9.26. The monoisotopic (exact) mass is 364 g/mol. The third-order valence-corrected chi connectivity index (χ3v) is 4.99. The maximum Gasteiger partial charge on any atom is 0.268 e. The molecule has 0 bridgehead atoms. The van der Waals surface area contributed by atoms with Gasteiger partial charge in [-0.25, -0.2) is 9.97 Å². The Hall–Kier alpha value is -3.09. The summed E-state index contributed by atoms with van der Waals surface area (Å²) in [6, 6.07) is 7.42. The molecule has 7 heteroatoms. The van der Waals surface area contributed by atoms with Gasteiger partial charge in [0.05, 0.1) is 18.5 Å². The molecule has 0 unspecified atom stereocenters. The van der Waals surface area contributed by atoms with Crippen molar-refractivity contribution in [2.24, 2.45) is 5.92 Å². The van der Waals surface area contributed by atoms with Crippen molar-refractivity contribution in [1.82, 2.24) is 14.4 Å². The second-order valence-electron chi connectivity index (χ2n) is 7.05. The zero-order chi connectivity index (χ0) is 18.2. The zero-order valence-corrected chi connectivity index (χ0v) is 14.8. The van der Waals surface area contributed by atoms with Crippen LogP contribution in [-0.4, -0.2) is 39.5 Å². The fraction of sp³-hybridized carbons (Fsp3) is 0.350. The summed E-state index contributed by atoms with van der Waals surface area (Å²) in [6.45, 7) is 1.35. The molecule has 1 aliphatic carbocycles. The van der Waals surface area contributed by atoms with Crippen molar-refractivity contribution in [3.63, 3.8) is 0 Å². The van der Waals surface area contributed by atoms with E-state index in [1.165, 1.54) is 12.8 Å². The van der Waals surface area contributed by atoms with Gasteiger partial charge in [-0.2, -0.15) is 0 Å². The Morgan fingerprint density at radius 1 is 1.11 bits per heavy atom. The van der Waals surface area contributed by atoms with Crippen molar-refractivity contribution in [2.45, 2.75) is 25.4 Å². The number of pyridine rings is 2. The lowest BCUT2D eigenvalue weighted by molar-refractivity contribution is -0.122. The highest BCUT2D eigenvalue weighted by Crippen LogP contribution is 2.29. The summed E-state index contributed by atoms with van der Waals surface area (Å²) < 4.78 is 13.4. The second kappa shape index (κ2) is 6.57. The highest BCUT2D eigenvalue weighted by atomic mass is 16.5. The van der Waals surface area contributed by atoms with Crippen LogP contribution in [0.2, 0.25) is 0 Å². The highest BCUT2D eigenvalue weighted by molar-refractivity contribution is 5.99. The molecule has 1 saturated carbocycles. The van der Waals surface area contributed by atoms with E-state index in [-0.39, 0.29) is 5.91 Å². The quantitative estimate of drug-likeness (QED) is 0.673. The average molecular weight is 364 g/mol. The molecule has 27 heavy (non-hydrogen) atoms. The summed E-state index contributed by atoms with van der Waals surface area (Å²) in [4.78, 5) is 23.0. The lowest BCUT2D eigenvalue weighted by atomic mass is 10.3. The summed E-state index contributed by atoms with van der Waals surface area (Å²) in [7, 11) is 0. The van der Waals surface area contributed by atoms with E-state index in [2.05, 4.69) is 9.97 Å². The number of fused-ring (bicyclic) bond motifs is 1. The van der Waals surface area contributed by atoms with Crippen molar-refractivity contribution < 1.29 is 14.3 Å². The lowest BCUT2D eigenvalue weighted by Crippen LogP contribution is -2.32. The summed E-state index contributed by atoms with van der Waals surface area (Å²) in [6.07, 6.45) is 9.77. The first-order chi connectivity index (χ1) is 13.3. The van der Waals surface area contributed by atoms with Crippen LogP contribution in [0.25, 0.3) is 5.65 Å². The molecule has 3 aromatic rings. The van der Waals surface area contributed by atoms with Crippen molar-refractivity contribution in [3.8, 4) is 11.6 Å². The third-order valence-electron chi connectivity index (χ3n) is 4.99. The van der Waals surface area contributed by atoms with Crippen molar-refractivity contribution in [3.05, 3.63) is 49.1 Å². The van der Waals surface area contributed by atoms with E-state index in [9.17, 15) is 4.79 Å². The van der Waals surface area contributed by atoms with Crippen LogP contribution in [-0.2, 0) is 4.79 Å². The van der Waals surface area contributed by atoms with Gasteiger partial charge in [0.1, 0.15) is 11.4 Å². The largest absolute Gasteiger partial charge is 0.479 e. The Bertz CT molecular complexity index is 965. The Morgan fingerprint density at radius 2 is 2.04 bits per heavy atom. The highest BCUT2D eigenvalue weighted by Gasteiger charge is 2.34. The zero-order valence-electron chi connectivity index (χ0n) is 14.8. The van der Waals surface area contributed by atoms with Gasteiger partial charge >= 0.3 is 0 Å². The first kappa shape index (κ1) is 16.1. The van der Waals surface area contributed by atoms with E-state index in [1.807, 2.05) is 35.0 Å². The van der Waals surface area contributed by atoms with Crippen LogP contribution >= 0.6 is 0 Å². The summed E-state index contributed by atoms with van der Waals surface area (Å²) in [5.41, 5.74) is 1.70. The minimum absolute atomic E-state index is 0.0384. The molecule has 1 saturated heterocycles. The molecular weight excluding hydrogens is 344 g/mol. The van der Waals surface area contributed by atoms with Crippen molar-refractivity contribution >= 4 is 17.2 Å². The molecule has 0 spiro atoms. The molecule has 1 aliphatic heterocycles. The molecule has 2 aliphatic rings. The molecule has 1 atom stereocenters. The Morgan fingerprint density at radius 3 is 2.85 bits per heavy atom. The van der Waals surface area contributed by atoms with Gasteiger partial charge in [0.2, 0.25) is 5.88 Å². The third kappa shape index (κ3) is 3.32. The number of nitrogens with zero attached hydrogens (tertiary/aromatic N) is 4. The van der Waals surface area contributed by atoms with Crippen LogP contribution in [0.15, 0.2) is 49.1 Å². The predicted octanol–water partition coefficient (Wildman–Crippen LogP) is 2.70. The summed E-state index contributed by atoms with van der Waals surface area (Å²) >= 11 is 0. The van der Waals surface area contributed by atoms with Gasteiger partial charge in [-0.1, -0.05) is 0 Å². The number of aromatic nitrogens is 3. The molecule has 138 valence electrons. The smallest absolute Gasteiger partial charge is 0.268 e. The standard InChI is InChI=1S/C20H20N4O3/c25-20-17(27-16-4-6-19(22-11-16)26-13-14-1-2-14)7-9-24(20)15-3-5-18-21-8-10-23(18)12-15/h3-6,8,10-12,14,17H,1-2,7,9,13H2/t17-/m1/s1. The Labute approximate surface area is 156 Å². The maximum absolute atomic E-state index is 12.8. The van der Waals surface area contributed by atoms with E-state index in [4.69, 9.17) is 9.47 Å². The topological polar surface area (TPSA) is 69.0 Å². The van der Waals surface area contributed by atoms with E-state index in [1.54, 1.807) is 23.4 Å². The normalized spacial score (nSPS) is 19.6. The van der Waals surface area contributed by atoms with Crippen LogP contribution in [0.5, 0.6) is 11.6 Å². The second-order valence-corrected chi connectivity index (χ2v) is 7.05. The molecule has 5 rings (SSSR count). The maximum atomic E-state index is 12.8. The first-order valence-corrected chi connectivity index (χ1v) is 9.26. The van der Waals surface area contributed by atoms with E-state index < -0.39 is 6.10 Å². The molecular formula is C20H20N4O3. The molecule has 0 radical (unpaired) electrons. The van der Waals surface area contributed by atoms with Crippen LogP contribution in [0, 0.1) is 5.92 Å². The SMILES string of the molecule is O=C1[C@H](Oc2ccc(OCC3CC3)nc2)CCN1c1ccc2nccn2c1. The van der Waals surface area contributed by atoms with Crippen LogP contribution in [0.1, 0.15) is 19.3 Å². The molecule has 1 amide bonds. The number of carbonyl (C=O) groups is 1. The van der Waals surface area contributed by atoms with Gasteiger partial charge in [0, 0.05) is 37.6 Å². The van der Waals surface area contributed by atoms with E-state index >= 15 is 0 Å². The van der Waals surface area contributed by atoms with E-state index in [0.717, 1.165) is 17.9 Å². The fourth-order valence-corrected chi connectivity index (χ4v) is 3.26. The molecule has 0 aromatic carbocycles. The van der Waals surface area contributed by atoms with E-state index in [0.29, 0.717) is 30.5 Å². The lowest BCUT2D eigenvalue weighted by Gasteiger charge is -2.17. The number of rotatable bonds is 6.